The van der Waals surface area contributed by atoms with E-state index in [2.05, 4.69) is 73.3 Å². The number of carbonyl (C=O) groups is 1. The number of hydrogen-bond acceptors (Lipinski definition) is 3. The molecule has 0 saturated carbocycles. The quantitative estimate of drug-likeness (QED) is 0.143. The molecule has 0 spiro atoms. The van der Waals surface area contributed by atoms with Crippen LogP contribution in [0.5, 0.6) is 5.75 Å². The summed E-state index contributed by atoms with van der Waals surface area (Å²) in [7, 11) is 0. The van der Waals surface area contributed by atoms with E-state index in [9.17, 15) is 4.79 Å². The molecule has 0 bridgehead atoms. The summed E-state index contributed by atoms with van der Waals surface area (Å²) in [5.74, 6) is 0.224. The minimum Gasteiger partial charge on any atom is -0.423 e. The first-order valence-corrected chi connectivity index (χ1v) is 12.6. The normalized spacial score (nSPS) is 11.5. The van der Waals surface area contributed by atoms with Gasteiger partial charge in [-0.15, -0.1) is 11.3 Å². The summed E-state index contributed by atoms with van der Waals surface area (Å²) in [5, 5.41) is 7.81. The van der Waals surface area contributed by atoms with Crippen molar-refractivity contribution in [3.63, 3.8) is 0 Å². The van der Waals surface area contributed by atoms with Crippen LogP contribution in [-0.2, 0) is 17.6 Å². The maximum absolute atomic E-state index is 12.1. The first kappa shape index (κ1) is 21.6. The zero-order valence-corrected chi connectivity index (χ0v) is 20.3. The van der Waals surface area contributed by atoms with Crippen molar-refractivity contribution in [1.29, 1.82) is 0 Å². The third-order valence-corrected chi connectivity index (χ3v) is 7.85. The molecule has 0 unspecified atom stereocenters. The predicted octanol–water partition coefficient (Wildman–Crippen LogP) is 8.63. The van der Waals surface area contributed by atoms with Gasteiger partial charge in [0.05, 0.1) is 0 Å². The van der Waals surface area contributed by atoms with Gasteiger partial charge < -0.3 is 4.74 Å². The van der Waals surface area contributed by atoms with Crippen LogP contribution in [0.4, 0.5) is 0 Å². The van der Waals surface area contributed by atoms with Crippen molar-refractivity contribution < 1.29 is 9.53 Å². The second kappa shape index (κ2) is 8.68. The van der Waals surface area contributed by atoms with Crippen molar-refractivity contribution in [2.24, 2.45) is 0 Å². The molecular weight excluding hydrogens is 448 g/mol. The first-order valence-electron chi connectivity index (χ1n) is 11.8. The lowest BCUT2D eigenvalue weighted by molar-refractivity contribution is -0.130. The Bertz CT molecular complexity index is 1770. The molecule has 0 atom stereocenters. The van der Waals surface area contributed by atoms with Crippen LogP contribution in [-0.4, -0.2) is 5.97 Å². The maximum Gasteiger partial charge on any atom is 0.338 e. The van der Waals surface area contributed by atoms with Gasteiger partial charge in [-0.2, -0.15) is 0 Å². The van der Waals surface area contributed by atoms with Crippen molar-refractivity contribution >= 4 is 59.0 Å². The van der Waals surface area contributed by atoms with Gasteiger partial charge in [0.2, 0.25) is 0 Å². The van der Waals surface area contributed by atoms with Crippen LogP contribution in [0.15, 0.2) is 103 Å². The van der Waals surface area contributed by atoms with Gasteiger partial charge in [0.1, 0.15) is 5.75 Å². The lowest BCUT2D eigenvalue weighted by atomic mass is 9.95. The number of benzene rings is 5. The molecule has 2 nitrogen and oxygen atoms in total. The standard InChI is InChI=1S/C32H24O2S/c1-20(2)32(33)34-27-14-8-5-10-22(27)15-16-24-19-23-11-4-7-13-26(23)30-29-25-12-6-3-9-21(25)17-18-28(29)35-31(24)30/h3-14,17-19H,1,15-16H2,2H3. The van der Waals surface area contributed by atoms with Crippen LogP contribution in [0.2, 0.25) is 0 Å². The Kier molecular flexibility index (Phi) is 5.35. The highest BCUT2D eigenvalue weighted by molar-refractivity contribution is 7.26. The Morgan fingerprint density at radius 3 is 2.23 bits per heavy atom. The largest absolute Gasteiger partial charge is 0.423 e. The number of fused-ring (bicyclic) bond motifs is 7. The first-order chi connectivity index (χ1) is 17.1. The Balaban J connectivity index is 1.50. The van der Waals surface area contributed by atoms with Crippen molar-refractivity contribution in [3.8, 4) is 5.75 Å². The molecule has 0 amide bonds. The molecule has 0 fully saturated rings. The fraction of sp³-hybridized carbons (Fsp3) is 0.0938. The van der Waals surface area contributed by atoms with Crippen molar-refractivity contribution in [2.75, 3.05) is 0 Å². The summed E-state index contributed by atoms with van der Waals surface area (Å²) in [6.07, 6.45) is 1.63. The Morgan fingerprint density at radius 1 is 0.771 bits per heavy atom. The van der Waals surface area contributed by atoms with Gasteiger partial charge >= 0.3 is 5.97 Å². The van der Waals surface area contributed by atoms with Crippen LogP contribution in [0, 0.1) is 0 Å². The van der Waals surface area contributed by atoms with Crippen molar-refractivity contribution in [1.82, 2.24) is 0 Å². The van der Waals surface area contributed by atoms with Gasteiger partial charge in [0.25, 0.3) is 0 Å². The lowest BCUT2D eigenvalue weighted by Gasteiger charge is -2.12. The molecule has 35 heavy (non-hydrogen) atoms. The van der Waals surface area contributed by atoms with E-state index in [0.29, 0.717) is 11.3 Å². The highest BCUT2D eigenvalue weighted by Crippen LogP contribution is 2.44. The summed E-state index contributed by atoms with van der Waals surface area (Å²) >= 11 is 1.87. The highest BCUT2D eigenvalue weighted by Gasteiger charge is 2.16. The lowest BCUT2D eigenvalue weighted by Crippen LogP contribution is -2.10. The monoisotopic (exact) mass is 472 g/mol. The summed E-state index contributed by atoms with van der Waals surface area (Å²) in [4.78, 5) is 12.1. The van der Waals surface area contributed by atoms with Crippen LogP contribution < -0.4 is 4.74 Å². The number of hydrogen-bond donors (Lipinski definition) is 0. The molecule has 1 heterocycles. The number of carbonyl (C=O) groups excluding carboxylic acids is 1. The van der Waals surface area contributed by atoms with Crippen LogP contribution in [0.1, 0.15) is 18.1 Å². The second-order valence-corrected chi connectivity index (χ2v) is 10.1. The molecule has 0 aliphatic heterocycles. The molecular formula is C32H24O2S. The van der Waals surface area contributed by atoms with Crippen LogP contribution in [0.25, 0.3) is 41.7 Å². The molecule has 0 saturated heterocycles. The summed E-state index contributed by atoms with van der Waals surface area (Å²) in [6.45, 7) is 5.38. The van der Waals surface area contributed by atoms with Gasteiger partial charge in [-0.3, -0.25) is 0 Å². The molecule has 6 rings (SSSR count). The third-order valence-electron chi connectivity index (χ3n) is 6.62. The molecule has 0 radical (unpaired) electrons. The van der Waals surface area contributed by atoms with Crippen molar-refractivity contribution in [2.45, 2.75) is 19.8 Å². The van der Waals surface area contributed by atoms with E-state index in [1.807, 2.05) is 35.6 Å². The molecule has 170 valence electrons. The zero-order chi connectivity index (χ0) is 23.9. The van der Waals surface area contributed by atoms with E-state index in [1.165, 1.54) is 47.3 Å². The fourth-order valence-corrected chi connectivity index (χ4v) is 6.18. The van der Waals surface area contributed by atoms with E-state index >= 15 is 0 Å². The number of ether oxygens (including phenoxy) is 1. The van der Waals surface area contributed by atoms with Gasteiger partial charge in [-0.25, -0.2) is 4.79 Å². The molecule has 0 aliphatic carbocycles. The molecule has 0 aliphatic rings. The van der Waals surface area contributed by atoms with E-state index in [1.54, 1.807) is 6.92 Å². The Morgan fingerprint density at radius 2 is 1.43 bits per heavy atom. The van der Waals surface area contributed by atoms with Gasteiger partial charge in [-0.1, -0.05) is 79.4 Å². The van der Waals surface area contributed by atoms with Gasteiger partial charge in [-0.05, 0) is 70.6 Å². The summed E-state index contributed by atoms with van der Waals surface area (Å²) in [6, 6.07) is 31.9. The molecule has 3 heteroatoms. The van der Waals surface area contributed by atoms with E-state index < -0.39 is 0 Å². The molecule has 5 aromatic carbocycles. The highest BCUT2D eigenvalue weighted by atomic mass is 32.1. The van der Waals surface area contributed by atoms with E-state index in [4.69, 9.17) is 4.74 Å². The zero-order valence-electron chi connectivity index (χ0n) is 19.5. The fourth-order valence-electron chi connectivity index (χ4n) is 4.91. The van der Waals surface area contributed by atoms with Gasteiger partial charge in [0, 0.05) is 25.7 Å². The third kappa shape index (κ3) is 3.78. The van der Waals surface area contributed by atoms with Crippen molar-refractivity contribution in [3.05, 3.63) is 114 Å². The summed E-state index contributed by atoms with van der Waals surface area (Å²) in [5.41, 5.74) is 2.74. The molecule has 6 aromatic rings. The predicted molar refractivity (Wildman–Crippen MR) is 149 cm³/mol. The Hall–Kier alpha value is -3.95. The average molecular weight is 473 g/mol. The molecule has 0 N–H and O–H groups in total. The smallest absolute Gasteiger partial charge is 0.338 e. The maximum atomic E-state index is 12.1. The van der Waals surface area contributed by atoms with Crippen LogP contribution >= 0.6 is 11.3 Å². The van der Waals surface area contributed by atoms with Gasteiger partial charge in [0.15, 0.2) is 0 Å². The number of aryl methyl sites for hydroxylation is 2. The molecule has 1 aromatic heterocycles. The topological polar surface area (TPSA) is 26.3 Å². The number of para-hydroxylation sites is 1. The number of thiophene rings is 1. The number of rotatable bonds is 5. The minimum atomic E-state index is -0.387. The number of esters is 1. The summed E-state index contributed by atoms with van der Waals surface area (Å²) < 4.78 is 8.26. The minimum absolute atomic E-state index is 0.387. The second-order valence-electron chi connectivity index (χ2n) is 9.00. The Labute approximate surface area is 208 Å². The van der Waals surface area contributed by atoms with E-state index in [0.717, 1.165) is 18.4 Å². The van der Waals surface area contributed by atoms with E-state index in [-0.39, 0.29) is 5.97 Å². The van der Waals surface area contributed by atoms with Crippen LogP contribution in [0.3, 0.4) is 0 Å². The SMILES string of the molecule is C=C(C)C(=O)Oc1ccccc1CCc1cc2ccccc2c2c1sc1ccc3ccccc3c12. The average Bonchev–Trinajstić information content (AvgIpc) is 3.29.